The van der Waals surface area contributed by atoms with Crippen LogP contribution >= 0.6 is 11.6 Å². The quantitative estimate of drug-likeness (QED) is 0.863. The Balaban J connectivity index is 2.24. The van der Waals surface area contributed by atoms with Gasteiger partial charge in [-0.15, -0.1) is 0 Å². The van der Waals surface area contributed by atoms with Crippen LogP contribution in [-0.4, -0.2) is 12.0 Å². The minimum Gasteiger partial charge on any atom is -0.398 e. The molecule has 0 amide bonds. The second-order valence-electron chi connectivity index (χ2n) is 4.34. The Morgan fingerprint density at radius 1 is 1.33 bits per heavy atom. The third-order valence-electron chi connectivity index (χ3n) is 2.85. The van der Waals surface area contributed by atoms with Crippen LogP contribution in [0.3, 0.4) is 0 Å². The van der Waals surface area contributed by atoms with Gasteiger partial charge in [0.1, 0.15) is 0 Å². The number of anilines is 2. The van der Waals surface area contributed by atoms with Crippen molar-refractivity contribution < 1.29 is 0 Å². The number of pyridine rings is 1. The van der Waals surface area contributed by atoms with Gasteiger partial charge in [-0.2, -0.15) is 0 Å². The summed E-state index contributed by atoms with van der Waals surface area (Å²) in [6.07, 6.45) is 1.80. The molecule has 2 N–H and O–H groups in total. The molecule has 2 aromatic rings. The molecule has 0 aliphatic rings. The van der Waals surface area contributed by atoms with Gasteiger partial charge in [0, 0.05) is 18.9 Å². The summed E-state index contributed by atoms with van der Waals surface area (Å²) in [5, 5.41) is 0.587. The summed E-state index contributed by atoms with van der Waals surface area (Å²) in [7, 11) is 2.02. The van der Waals surface area contributed by atoms with E-state index < -0.39 is 0 Å². The topological polar surface area (TPSA) is 42.1 Å². The number of benzene rings is 1. The van der Waals surface area contributed by atoms with Crippen LogP contribution in [0.1, 0.15) is 11.3 Å². The molecule has 0 unspecified atom stereocenters. The molecule has 0 aliphatic heterocycles. The summed E-state index contributed by atoms with van der Waals surface area (Å²) >= 11 is 6.07. The molecular weight excluding hydrogens is 246 g/mol. The SMILES string of the molecule is Cc1cc(N)c(Cl)cc1N(C)Cc1ccccn1. The second-order valence-corrected chi connectivity index (χ2v) is 4.74. The maximum Gasteiger partial charge on any atom is 0.0656 e. The molecule has 0 fully saturated rings. The molecule has 1 aromatic heterocycles. The molecule has 1 aromatic carbocycles. The highest BCUT2D eigenvalue weighted by Gasteiger charge is 2.09. The van der Waals surface area contributed by atoms with E-state index in [2.05, 4.69) is 9.88 Å². The van der Waals surface area contributed by atoms with Crippen molar-refractivity contribution in [1.82, 2.24) is 4.98 Å². The average Bonchev–Trinajstić information content (AvgIpc) is 2.35. The molecule has 3 nitrogen and oxygen atoms in total. The van der Waals surface area contributed by atoms with Crippen molar-refractivity contribution in [2.45, 2.75) is 13.5 Å². The number of nitrogens with two attached hydrogens (primary N) is 1. The number of nitrogen functional groups attached to an aromatic ring is 1. The van der Waals surface area contributed by atoms with Gasteiger partial charge in [-0.25, -0.2) is 0 Å². The van der Waals surface area contributed by atoms with Crippen LogP contribution in [0, 0.1) is 6.92 Å². The minimum absolute atomic E-state index is 0.587. The third kappa shape index (κ3) is 2.74. The van der Waals surface area contributed by atoms with Crippen molar-refractivity contribution in [2.24, 2.45) is 0 Å². The van der Waals surface area contributed by atoms with Crippen molar-refractivity contribution in [3.8, 4) is 0 Å². The van der Waals surface area contributed by atoms with Crippen LogP contribution in [0.2, 0.25) is 5.02 Å². The first kappa shape index (κ1) is 12.7. The van der Waals surface area contributed by atoms with Gasteiger partial charge in [0.05, 0.1) is 22.9 Å². The van der Waals surface area contributed by atoms with E-state index in [-0.39, 0.29) is 0 Å². The van der Waals surface area contributed by atoms with Crippen molar-refractivity contribution in [2.75, 3.05) is 17.7 Å². The molecule has 0 spiro atoms. The molecule has 1 heterocycles. The van der Waals surface area contributed by atoms with Crippen molar-refractivity contribution in [3.63, 3.8) is 0 Å². The summed E-state index contributed by atoms with van der Waals surface area (Å²) in [6.45, 7) is 2.76. The number of rotatable bonds is 3. The highest BCUT2D eigenvalue weighted by Crippen LogP contribution is 2.29. The molecule has 0 bridgehead atoms. The molecule has 0 aliphatic carbocycles. The molecule has 0 saturated heterocycles. The lowest BCUT2D eigenvalue weighted by Gasteiger charge is -2.21. The Morgan fingerprint density at radius 3 is 2.78 bits per heavy atom. The van der Waals surface area contributed by atoms with Crippen LogP contribution in [0.25, 0.3) is 0 Å². The molecule has 0 saturated carbocycles. The summed E-state index contributed by atoms with van der Waals surface area (Å²) in [5.41, 5.74) is 9.59. The average molecular weight is 262 g/mol. The van der Waals surface area contributed by atoms with Crippen LogP contribution < -0.4 is 10.6 Å². The van der Waals surface area contributed by atoms with Gasteiger partial charge in [0.25, 0.3) is 0 Å². The van der Waals surface area contributed by atoms with Gasteiger partial charge in [0.2, 0.25) is 0 Å². The third-order valence-corrected chi connectivity index (χ3v) is 3.18. The fourth-order valence-electron chi connectivity index (χ4n) is 1.92. The van der Waals surface area contributed by atoms with E-state index in [1.165, 1.54) is 0 Å². The molecular formula is C14H16ClN3. The fraction of sp³-hybridized carbons (Fsp3) is 0.214. The van der Waals surface area contributed by atoms with Crippen LogP contribution in [0.15, 0.2) is 36.5 Å². The predicted molar refractivity (Wildman–Crippen MR) is 76.9 cm³/mol. The van der Waals surface area contributed by atoms with Gasteiger partial charge in [-0.1, -0.05) is 17.7 Å². The van der Waals surface area contributed by atoms with Gasteiger partial charge in [0.15, 0.2) is 0 Å². The zero-order valence-electron chi connectivity index (χ0n) is 10.5. The number of aryl methyl sites for hydroxylation is 1. The fourth-order valence-corrected chi connectivity index (χ4v) is 2.08. The number of nitrogens with zero attached hydrogens (tertiary/aromatic N) is 2. The zero-order valence-corrected chi connectivity index (χ0v) is 11.3. The maximum atomic E-state index is 6.07. The Bertz CT molecular complexity index is 540. The van der Waals surface area contributed by atoms with Crippen LogP contribution in [0.5, 0.6) is 0 Å². The van der Waals surface area contributed by atoms with E-state index >= 15 is 0 Å². The first-order chi connectivity index (χ1) is 8.58. The van der Waals surface area contributed by atoms with E-state index in [0.717, 1.165) is 23.5 Å². The zero-order chi connectivity index (χ0) is 13.1. The molecule has 4 heteroatoms. The lowest BCUT2D eigenvalue weighted by Crippen LogP contribution is -2.18. The van der Waals surface area contributed by atoms with Gasteiger partial charge < -0.3 is 10.6 Å². The Labute approximate surface area is 112 Å². The number of halogens is 1. The van der Waals surface area contributed by atoms with Gasteiger partial charge >= 0.3 is 0 Å². The van der Waals surface area contributed by atoms with Crippen molar-refractivity contribution in [3.05, 3.63) is 52.8 Å². The molecule has 94 valence electrons. The Kier molecular flexibility index (Phi) is 3.72. The smallest absolute Gasteiger partial charge is 0.0656 e. The van der Waals surface area contributed by atoms with E-state index in [1.807, 2.05) is 44.3 Å². The lowest BCUT2D eigenvalue weighted by atomic mass is 10.1. The van der Waals surface area contributed by atoms with Crippen molar-refractivity contribution in [1.29, 1.82) is 0 Å². The van der Waals surface area contributed by atoms with Crippen LogP contribution in [-0.2, 0) is 6.54 Å². The normalized spacial score (nSPS) is 10.4. The molecule has 0 radical (unpaired) electrons. The summed E-state index contributed by atoms with van der Waals surface area (Å²) < 4.78 is 0. The van der Waals surface area contributed by atoms with Gasteiger partial charge in [-0.3, -0.25) is 4.98 Å². The second kappa shape index (κ2) is 5.27. The van der Waals surface area contributed by atoms with Gasteiger partial charge in [-0.05, 0) is 36.8 Å². The first-order valence-electron chi connectivity index (χ1n) is 5.74. The predicted octanol–water partition coefficient (Wildman–Crippen LogP) is 3.26. The summed E-state index contributed by atoms with van der Waals surface area (Å²) in [6, 6.07) is 9.69. The van der Waals surface area contributed by atoms with E-state index in [1.54, 1.807) is 6.20 Å². The highest BCUT2D eigenvalue weighted by atomic mass is 35.5. The summed E-state index contributed by atoms with van der Waals surface area (Å²) in [4.78, 5) is 6.43. The van der Waals surface area contributed by atoms with E-state index in [9.17, 15) is 0 Å². The van der Waals surface area contributed by atoms with Crippen molar-refractivity contribution >= 4 is 23.0 Å². The largest absolute Gasteiger partial charge is 0.398 e. The standard InChI is InChI=1S/C14H16ClN3/c1-10-7-13(16)12(15)8-14(10)18(2)9-11-5-3-4-6-17-11/h3-8H,9,16H2,1-2H3. The Morgan fingerprint density at radius 2 is 2.11 bits per heavy atom. The van der Waals surface area contributed by atoms with Crippen LogP contribution in [0.4, 0.5) is 11.4 Å². The summed E-state index contributed by atoms with van der Waals surface area (Å²) in [5.74, 6) is 0. The molecule has 2 rings (SSSR count). The minimum atomic E-state index is 0.587. The number of aromatic nitrogens is 1. The monoisotopic (exact) mass is 261 g/mol. The first-order valence-corrected chi connectivity index (χ1v) is 6.12. The maximum absolute atomic E-state index is 6.07. The molecule has 18 heavy (non-hydrogen) atoms. The lowest BCUT2D eigenvalue weighted by molar-refractivity contribution is 0.881. The molecule has 0 atom stereocenters. The number of hydrogen-bond acceptors (Lipinski definition) is 3. The van der Waals surface area contributed by atoms with E-state index in [4.69, 9.17) is 17.3 Å². The Hall–Kier alpha value is -1.74. The number of hydrogen-bond donors (Lipinski definition) is 1. The van der Waals surface area contributed by atoms with E-state index in [0.29, 0.717) is 10.7 Å². The highest BCUT2D eigenvalue weighted by molar-refractivity contribution is 6.33.